The number of benzene rings is 1. The second-order valence-electron chi connectivity index (χ2n) is 6.51. The van der Waals surface area contributed by atoms with Gasteiger partial charge in [-0.1, -0.05) is 12.1 Å². The molecule has 0 fully saturated rings. The Kier molecular flexibility index (Phi) is 7.63. The minimum absolute atomic E-state index is 0. The molecule has 0 atom stereocenters. The maximum Gasteiger partial charge on any atom is 1.00 e. The molecule has 0 saturated heterocycles. The first-order valence-electron chi connectivity index (χ1n) is 9.11. The Balaban J connectivity index is 0.00000306. The van der Waals surface area contributed by atoms with Crippen molar-refractivity contribution in [1.29, 1.82) is 5.26 Å². The van der Waals surface area contributed by atoms with E-state index in [9.17, 15) is 25.3 Å². The largest absolute Gasteiger partial charge is 1.00 e. The average molecular weight is 469 g/mol. The smallest absolute Gasteiger partial charge is 0.545 e. The molecule has 3 heterocycles. The number of carboxylic acid groups (broad SMARTS) is 1. The van der Waals surface area contributed by atoms with Crippen molar-refractivity contribution in [1.82, 2.24) is 4.98 Å². The van der Waals surface area contributed by atoms with Gasteiger partial charge in [0.05, 0.1) is 39.6 Å². The summed E-state index contributed by atoms with van der Waals surface area (Å²) in [6.07, 6.45) is 2.96. The second kappa shape index (κ2) is 10.4. The molecule has 4 aromatic rings. The van der Waals surface area contributed by atoms with Crippen LogP contribution >= 0.6 is 11.3 Å². The molecule has 0 aliphatic carbocycles. The van der Waals surface area contributed by atoms with Gasteiger partial charge >= 0.3 is 29.6 Å². The number of aromatic nitrogens is 1. The van der Waals surface area contributed by atoms with E-state index in [-0.39, 0.29) is 58.7 Å². The number of aromatic carboxylic acids is 1. The van der Waals surface area contributed by atoms with Gasteiger partial charge in [-0.05, 0) is 29.6 Å². The summed E-state index contributed by atoms with van der Waals surface area (Å²) < 4.78 is 10.9. The maximum atomic E-state index is 11.4. The fourth-order valence-corrected chi connectivity index (χ4v) is 3.75. The van der Waals surface area contributed by atoms with Gasteiger partial charge in [0.15, 0.2) is 0 Å². The summed E-state index contributed by atoms with van der Waals surface area (Å²) in [5.74, 6) is -1.53. The zero-order valence-electron chi connectivity index (χ0n) is 17.2. The van der Waals surface area contributed by atoms with Crippen LogP contribution < -0.4 is 39.4 Å². The molecule has 3 aromatic heterocycles. The molecule has 0 saturated carbocycles. The molecule has 0 aliphatic heterocycles. The van der Waals surface area contributed by atoms with Crippen LogP contribution in [0.5, 0.6) is 5.88 Å². The summed E-state index contributed by atoms with van der Waals surface area (Å²) in [6.45, 7) is -0.302. The molecule has 0 radical (unpaired) electrons. The number of carbonyl (C=O) groups is 1. The minimum Gasteiger partial charge on any atom is -0.545 e. The molecule has 0 N–H and O–H groups in total. The summed E-state index contributed by atoms with van der Waals surface area (Å²) in [5.41, 5.74) is 1.25. The van der Waals surface area contributed by atoms with Crippen molar-refractivity contribution in [3.8, 4) is 33.6 Å². The number of ether oxygens (including phenoxy) is 1. The van der Waals surface area contributed by atoms with Crippen molar-refractivity contribution in [2.24, 2.45) is 0 Å². The van der Waals surface area contributed by atoms with E-state index in [1.54, 1.807) is 12.1 Å². The third-order valence-corrected chi connectivity index (χ3v) is 5.48. The van der Waals surface area contributed by atoms with Gasteiger partial charge in [0, 0.05) is 22.8 Å². The zero-order valence-corrected chi connectivity index (χ0v) is 20.0. The summed E-state index contributed by atoms with van der Waals surface area (Å²) in [6, 6.07) is 12.6. The van der Waals surface area contributed by atoms with Gasteiger partial charge in [0.25, 0.3) is 5.69 Å². The molecule has 0 amide bonds. The van der Waals surface area contributed by atoms with E-state index >= 15 is 0 Å². The van der Waals surface area contributed by atoms with Crippen LogP contribution in [0.15, 0.2) is 64.8 Å². The van der Waals surface area contributed by atoms with Crippen LogP contribution in [0.25, 0.3) is 21.7 Å². The Labute approximate surface area is 213 Å². The number of nitriles is 1. The van der Waals surface area contributed by atoms with Crippen molar-refractivity contribution in [2.75, 3.05) is 0 Å². The van der Waals surface area contributed by atoms with Gasteiger partial charge in [0.2, 0.25) is 5.88 Å². The fraction of sp³-hybridized carbons (Fsp3) is 0.0455. The molecule has 4 rings (SSSR count). The van der Waals surface area contributed by atoms with Crippen molar-refractivity contribution in [3.05, 3.63) is 87.2 Å². The fourth-order valence-electron chi connectivity index (χ4n) is 3.06. The monoisotopic (exact) mass is 469 g/mol. The molecule has 0 aliphatic rings. The first-order chi connectivity index (χ1) is 15.5. The number of pyridine rings is 1. The van der Waals surface area contributed by atoms with Gasteiger partial charge in [-0.2, -0.15) is 5.26 Å². The molecule has 11 heteroatoms. The average Bonchev–Trinajstić information content (AvgIpc) is 3.51. The van der Waals surface area contributed by atoms with Crippen molar-refractivity contribution in [2.45, 2.75) is 6.61 Å². The normalized spacial score (nSPS) is 10.2. The number of carbonyl (C=O) groups excluding carboxylic acids is 1. The van der Waals surface area contributed by atoms with Gasteiger partial charge in [0.1, 0.15) is 18.2 Å². The number of nitro groups is 1. The van der Waals surface area contributed by atoms with Crippen LogP contribution in [-0.4, -0.2) is 15.9 Å². The molecule has 0 spiro atoms. The van der Waals surface area contributed by atoms with Gasteiger partial charge < -0.3 is 19.1 Å². The number of nitro benzene ring substituents is 1. The minimum atomic E-state index is -1.53. The number of rotatable bonds is 7. The molecular formula is C22H12N3NaO6S. The van der Waals surface area contributed by atoms with Crippen LogP contribution in [0.4, 0.5) is 5.69 Å². The van der Waals surface area contributed by atoms with Crippen molar-refractivity contribution >= 4 is 23.0 Å². The molecule has 0 unspecified atom stereocenters. The van der Waals surface area contributed by atoms with Crippen LogP contribution in [0, 0.1) is 21.4 Å². The Bertz CT molecular complexity index is 1350. The Morgan fingerprint density at radius 3 is 2.70 bits per heavy atom. The van der Waals surface area contributed by atoms with Crippen molar-refractivity contribution < 1.29 is 53.5 Å². The molecular weight excluding hydrogens is 457 g/mol. The van der Waals surface area contributed by atoms with E-state index in [1.807, 2.05) is 17.5 Å². The number of hydrogen-bond acceptors (Lipinski definition) is 9. The van der Waals surface area contributed by atoms with E-state index in [0.29, 0.717) is 16.8 Å². The second-order valence-corrected chi connectivity index (χ2v) is 7.46. The van der Waals surface area contributed by atoms with Crippen LogP contribution in [0.3, 0.4) is 0 Å². The zero-order chi connectivity index (χ0) is 22.7. The molecule has 33 heavy (non-hydrogen) atoms. The van der Waals surface area contributed by atoms with E-state index in [2.05, 4.69) is 11.1 Å². The Morgan fingerprint density at radius 2 is 2.09 bits per heavy atom. The molecule has 0 bridgehead atoms. The summed E-state index contributed by atoms with van der Waals surface area (Å²) in [7, 11) is 0. The number of nitrogens with zero attached hydrogens (tertiary/aromatic N) is 3. The topological polar surface area (TPSA) is 142 Å². The van der Waals surface area contributed by atoms with Gasteiger partial charge in [-0.3, -0.25) is 10.1 Å². The van der Waals surface area contributed by atoms with Gasteiger partial charge in [-0.25, -0.2) is 4.98 Å². The van der Waals surface area contributed by atoms with Crippen molar-refractivity contribution in [3.63, 3.8) is 0 Å². The predicted molar refractivity (Wildman–Crippen MR) is 112 cm³/mol. The predicted octanol–water partition coefficient (Wildman–Crippen LogP) is 0.796. The van der Waals surface area contributed by atoms with E-state index in [0.717, 1.165) is 10.9 Å². The summed E-state index contributed by atoms with van der Waals surface area (Å²) >= 11 is 1.45. The molecule has 9 nitrogen and oxygen atoms in total. The quantitative estimate of drug-likeness (QED) is 0.220. The third-order valence-electron chi connectivity index (χ3n) is 4.59. The van der Waals surface area contributed by atoms with Crippen LogP contribution in [0.2, 0.25) is 0 Å². The third kappa shape index (κ3) is 5.13. The molecule has 1 aromatic carbocycles. The number of thiophene rings is 1. The first-order valence-corrected chi connectivity index (χ1v) is 9.99. The summed E-state index contributed by atoms with van der Waals surface area (Å²) in [4.78, 5) is 27.0. The Hall–Kier alpha value is -3.49. The van der Waals surface area contributed by atoms with E-state index in [1.165, 1.54) is 36.0 Å². The SMILES string of the molecule is N#Cc1c(-c2ccoc2)cc(-c2cccs2)nc1OCc1ccc(C(=O)[O-])cc1[N+](=O)[O-].[Na+]. The molecule has 158 valence electrons. The number of carboxylic acids is 1. The standard InChI is InChI=1S/C22H13N3O6S.Na/c23-10-17-16(14-5-6-30-11-14)9-18(20-2-1-7-32-20)24-21(17)31-12-15-4-3-13(22(26)27)8-19(15)25(28)29;/h1-9,11H,12H2,(H,26,27);/q;+1/p-1. The first kappa shape index (κ1) is 24.2. The van der Waals surface area contributed by atoms with Crippen LogP contribution in [0.1, 0.15) is 21.5 Å². The van der Waals surface area contributed by atoms with Crippen LogP contribution in [-0.2, 0) is 6.61 Å². The maximum absolute atomic E-state index is 11.4. The summed E-state index contributed by atoms with van der Waals surface area (Å²) in [5, 5.41) is 34.1. The van der Waals surface area contributed by atoms with E-state index in [4.69, 9.17) is 9.15 Å². The van der Waals surface area contributed by atoms with Gasteiger partial charge in [-0.15, -0.1) is 11.3 Å². The van der Waals surface area contributed by atoms with E-state index < -0.39 is 16.6 Å². The Morgan fingerprint density at radius 1 is 1.27 bits per heavy atom. The number of furan rings is 1. The number of hydrogen-bond donors (Lipinski definition) is 0.